The van der Waals surface area contributed by atoms with Crippen LogP contribution < -0.4 is 10.5 Å². The summed E-state index contributed by atoms with van der Waals surface area (Å²) >= 11 is 0. The van der Waals surface area contributed by atoms with E-state index >= 15 is 0 Å². The van der Waals surface area contributed by atoms with Gasteiger partial charge in [0.25, 0.3) is 0 Å². The molecule has 0 unspecified atom stereocenters. The van der Waals surface area contributed by atoms with Crippen LogP contribution in [0.15, 0.2) is 18.3 Å². The average Bonchev–Trinajstić information content (AvgIpc) is 2.58. The number of likely N-dealkylation sites (tertiary alicyclic amines) is 1. The van der Waals surface area contributed by atoms with E-state index in [1.54, 1.807) is 6.20 Å². The lowest BCUT2D eigenvalue weighted by atomic mass is 9.83. The van der Waals surface area contributed by atoms with Gasteiger partial charge in [-0.15, -0.1) is 0 Å². The summed E-state index contributed by atoms with van der Waals surface area (Å²) in [5, 5.41) is 0. The van der Waals surface area contributed by atoms with Gasteiger partial charge in [-0.05, 0) is 13.1 Å². The van der Waals surface area contributed by atoms with Crippen LogP contribution in [0.5, 0.6) is 5.88 Å². The number of nitrogens with two attached hydrogens (primary N) is 1. The van der Waals surface area contributed by atoms with Crippen molar-refractivity contribution in [3.63, 3.8) is 0 Å². The van der Waals surface area contributed by atoms with Gasteiger partial charge in [-0.25, -0.2) is 4.98 Å². The van der Waals surface area contributed by atoms with Crippen molar-refractivity contribution in [1.82, 2.24) is 9.88 Å². The predicted molar refractivity (Wildman–Crippen MR) is 61.3 cm³/mol. The van der Waals surface area contributed by atoms with E-state index in [4.69, 9.17) is 10.5 Å². The van der Waals surface area contributed by atoms with Gasteiger partial charge in [0, 0.05) is 37.7 Å². The third kappa shape index (κ3) is 1.33. The number of hydrogen-bond donors (Lipinski definition) is 1. The Labute approximate surface area is 95.4 Å². The molecule has 1 saturated heterocycles. The van der Waals surface area contributed by atoms with Gasteiger partial charge in [0.2, 0.25) is 5.88 Å². The molecule has 3 heterocycles. The number of nitrogens with zero attached hydrogens (tertiary/aromatic N) is 2. The molecule has 0 aromatic carbocycles. The standard InChI is InChI=1S/C12H17N3O/c1-15-7-4-12(5-8-15)10(13)9-3-2-6-14-11(9)16-12/h2-3,6,10H,4-5,7-8,13H2,1H3/t10-/m1/s1. The molecule has 0 aliphatic carbocycles. The van der Waals surface area contributed by atoms with E-state index < -0.39 is 0 Å². The first-order chi connectivity index (χ1) is 7.71. The molecule has 1 fully saturated rings. The molecule has 16 heavy (non-hydrogen) atoms. The summed E-state index contributed by atoms with van der Waals surface area (Å²) in [6, 6.07) is 3.93. The largest absolute Gasteiger partial charge is 0.469 e. The molecule has 2 N–H and O–H groups in total. The van der Waals surface area contributed by atoms with E-state index in [0.29, 0.717) is 0 Å². The van der Waals surface area contributed by atoms with E-state index in [0.717, 1.165) is 37.4 Å². The van der Waals surface area contributed by atoms with Gasteiger partial charge < -0.3 is 15.4 Å². The highest BCUT2D eigenvalue weighted by Crippen LogP contribution is 2.45. The van der Waals surface area contributed by atoms with Crippen molar-refractivity contribution >= 4 is 0 Å². The first-order valence-corrected chi connectivity index (χ1v) is 5.79. The summed E-state index contributed by atoms with van der Waals surface area (Å²) in [6.45, 7) is 2.09. The fraction of sp³-hybridized carbons (Fsp3) is 0.583. The van der Waals surface area contributed by atoms with Gasteiger partial charge in [-0.1, -0.05) is 6.07 Å². The highest BCUT2D eigenvalue weighted by molar-refractivity contribution is 5.37. The second-order valence-electron chi connectivity index (χ2n) is 4.85. The minimum Gasteiger partial charge on any atom is -0.469 e. The maximum absolute atomic E-state index is 6.32. The van der Waals surface area contributed by atoms with Crippen molar-refractivity contribution in [2.75, 3.05) is 20.1 Å². The summed E-state index contributed by atoms with van der Waals surface area (Å²) < 4.78 is 6.03. The third-order valence-corrected chi connectivity index (χ3v) is 3.84. The van der Waals surface area contributed by atoms with Gasteiger partial charge >= 0.3 is 0 Å². The minimum atomic E-state index is -0.205. The summed E-state index contributed by atoms with van der Waals surface area (Å²) in [5.41, 5.74) is 7.17. The Balaban J connectivity index is 1.91. The number of rotatable bonds is 0. The maximum Gasteiger partial charge on any atom is 0.218 e. The molecule has 2 aliphatic heterocycles. The fourth-order valence-electron chi connectivity index (χ4n) is 2.67. The summed E-state index contributed by atoms with van der Waals surface area (Å²) in [4.78, 5) is 6.58. The smallest absolute Gasteiger partial charge is 0.218 e. The van der Waals surface area contributed by atoms with E-state index in [2.05, 4.69) is 16.9 Å². The number of hydrogen-bond acceptors (Lipinski definition) is 4. The van der Waals surface area contributed by atoms with E-state index in [-0.39, 0.29) is 11.6 Å². The van der Waals surface area contributed by atoms with Crippen molar-refractivity contribution in [3.8, 4) is 5.88 Å². The SMILES string of the molecule is CN1CCC2(CC1)Oc1ncccc1[C@H]2N. The van der Waals surface area contributed by atoms with Crippen LogP contribution in [0.3, 0.4) is 0 Å². The Morgan fingerprint density at radius 2 is 2.25 bits per heavy atom. The number of ether oxygens (including phenoxy) is 1. The summed E-state index contributed by atoms with van der Waals surface area (Å²) in [5.74, 6) is 0.736. The topological polar surface area (TPSA) is 51.4 Å². The summed E-state index contributed by atoms with van der Waals surface area (Å²) in [6.07, 6.45) is 3.74. The van der Waals surface area contributed by atoms with Crippen LogP contribution in [0.25, 0.3) is 0 Å². The second kappa shape index (κ2) is 3.43. The van der Waals surface area contributed by atoms with Crippen LogP contribution in [-0.2, 0) is 0 Å². The fourth-order valence-corrected chi connectivity index (χ4v) is 2.67. The Morgan fingerprint density at radius 1 is 1.50 bits per heavy atom. The quantitative estimate of drug-likeness (QED) is 0.705. The zero-order valence-corrected chi connectivity index (χ0v) is 9.52. The molecule has 0 radical (unpaired) electrons. The Hall–Kier alpha value is -1.13. The van der Waals surface area contributed by atoms with Gasteiger partial charge in [-0.3, -0.25) is 0 Å². The molecule has 4 nitrogen and oxygen atoms in total. The van der Waals surface area contributed by atoms with E-state index in [1.165, 1.54) is 0 Å². The minimum absolute atomic E-state index is 0.0232. The lowest BCUT2D eigenvalue weighted by Gasteiger charge is -2.39. The molecule has 1 aromatic heterocycles. The monoisotopic (exact) mass is 219 g/mol. The van der Waals surface area contributed by atoms with Crippen molar-refractivity contribution < 1.29 is 4.74 Å². The predicted octanol–water partition coefficient (Wildman–Crippen LogP) is 0.938. The normalized spacial score (nSPS) is 27.8. The number of piperidine rings is 1. The Kier molecular flexibility index (Phi) is 2.16. The van der Waals surface area contributed by atoms with Gasteiger partial charge in [0.15, 0.2) is 0 Å². The van der Waals surface area contributed by atoms with Gasteiger partial charge in [-0.2, -0.15) is 0 Å². The first-order valence-electron chi connectivity index (χ1n) is 5.79. The maximum atomic E-state index is 6.32. The molecule has 86 valence electrons. The Bertz CT molecular complexity index is 399. The summed E-state index contributed by atoms with van der Waals surface area (Å²) in [7, 11) is 2.14. The van der Waals surface area contributed by atoms with Crippen molar-refractivity contribution in [2.45, 2.75) is 24.5 Å². The zero-order valence-electron chi connectivity index (χ0n) is 9.52. The zero-order chi connectivity index (χ0) is 11.2. The van der Waals surface area contributed by atoms with E-state index in [9.17, 15) is 0 Å². The molecule has 0 amide bonds. The van der Waals surface area contributed by atoms with Crippen molar-refractivity contribution in [1.29, 1.82) is 0 Å². The molecular weight excluding hydrogens is 202 g/mol. The first kappa shape index (κ1) is 10.1. The van der Waals surface area contributed by atoms with Gasteiger partial charge in [0.05, 0.1) is 6.04 Å². The molecule has 1 atom stereocenters. The van der Waals surface area contributed by atoms with Crippen LogP contribution in [0.2, 0.25) is 0 Å². The van der Waals surface area contributed by atoms with Crippen LogP contribution in [0, 0.1) is 0 Å². The molecule has 1 aromatic rings. The van der Waals surface area contributed by atoms with Gasteiger partial charge in [0.1, 0.15) is 5.60 Å². The number of pyridine rings is 1. The number of fused-ring (bicyclic) bond motifs is 1. The second-order valence-corrected chi connectivity index (χ2v) is 4.85. The van der Waals surface area contributed by atoms with E-state index in [1.807, 2.05) is 12.1 Å². The van der Waals surface area contributed by atoms with Crippen LogP contribution in [0.1, 0.15) is 24.4 Å². The van der Waals surface area contributed by atoms with Crippen LogP contribution in [-0.4, -0.2) is 35.6 Å². The highest BCUT2D eigenvalue weighted by Gasteiger charge is 2.48. The molecule has 0 bridgehead atoms. The molecule has 0 saturated carbocycles. The van der Waals surface area contributed by atoms with Crippen LogP contribution in [0.4, 0.5) is 0 Å². The molecule has 4 heteroatoms. The number of aromatic nitrogens is 1. The third-order valence-electron chi connectivity index (χ3n) is 3.84. The Morgan fingerprint density at radius 3 is 2.94 bits per heavy atom. The van der Waals surface area contributed by atoms with Crippen molar-refractivity contribution in [3.05, 3.63) is 23.9 Å². The molecule has 1 spiro atoms. The average molecular weight is 219 g/mol. The lowest BCUT2D eigenvalue weighted by Crippen LogP contribution is -2.50. The molecular formula is C12H17N3O. The lowest BCUT2D eigenvalue weighted by molar-refractivity contribution is 0.00498. The molecule has 3 rings (SSSR count). The van der Waals surface area contributed by atoms with Crippen molar-refractivity contribution in [2.24, 2.45) is 5.73 Å². The molecule has 2 aliphatic rings. The van der Waals surface area contributed by atoms with Crippen LogP contribution >= 0.6 is 0 Å². The highest BCUT2D eigenvalue weighted by atomic mass is 16.5.